The van der Waals surface area contributed by atoms with Crippen molar-refractivity contribution < 1.29 is 9.59 Å². The smallest absolute Gasteiger partial charge is 0.255 e. The Kier molecular flexibility index (Phi) is 6.61. The number of amides is 2. The van der Waals surface area contributed by atoms with Crippen LogP contribution in [0.15, 0.2) is 76.6 Å². The number of thiophene rings is 1. The summed E-state index contributed by atoms with van der Waals surface area (Å²) in [6, 6.07) is 11.5. The number of allylic oxidation sites excluding steroid dienone is 1. The molecule has 0 bridgehead atoms. The van der Waals surface area contributed by atoms with Gasteiger partial charge in [-0.15, -0.1) is 11.3 Å². The van der Waals surface area contributed by atoms with Crippen LogP contribution in [0.2, 0.25) is 0 Å². The van der Waals surface area contributed by atoms with Gasteiger partial charge in [0.25, 0.3) is 5.56 Å². The quantitative estimate of drug-likeness (QED) is 0.250. The molecule has 2 aliphatic heterocycles. The van der Waals surface area contributed by atoms with Gasteiger partial charge in [0.2, 0.25) is 11.8 Å². The van der Waals surface area contributed by atoms with Gasteiger partial charge >= 0.3 is 0 Å². The number of nitrogens with two attached hydrogens (primary N) is 1. The number of fused-ring (bicyclic) bond motifs is 2. The zero-order valence-electron chi connectivity index (χ0n) is 21.5. The zero-order chi connectivity index (χ0) is 27.8. The highest BCUT2D eigenvalue weighted by Crippen LogP contribution is 2.41. The molecule has 0 spiro atoms. The van der Waals surface area contributed by atoms with E-state index in [2.05, 4.69) is 27.9 Å². The zero-order valence-corrected chi connectivity index (χ0v) is 22.3. The second kappa shape index (κ2) is 10.4. The van der Waals surface area contributed by atoms with Crippen molar-refractivity contribution in [3.05, 3.63) is 94.0 Å². The Labute approximate surface area is 233 Å². The van der Waals surface area contributed by atoms with Crippen molar-refractivity contribution in [2.75, 3.05) is 13.1 Å². The van der Waals surface area contributed by atoms with Gasteiger partial charge in [0.15, 0.2) is 0 Å². The van der Waals surface area contributed by atoms with E-state index in [1.165, 1.54) is 23.6 Å². The number of carbonyl (C=O) groups is 2. The number of nitrogens with zero attached hydrogens (tertiary/aromatic N) is 3. The molecular weight excluding hydrogens is 524 g/mol. The Hall–Kier alpha value is -4.83. The number of aromatic nitrogens is 2. The summed E-state index contributed by atoms with van der Waals surface area (Å²) in [5, 5.41) is 5.81. The van der Waals surface area contributed by atoms with E-state index in [1.54, 1.807) is 29.4 Å². The highest BCUT2D eigenvalue weighted by atomic mass is 32.1. The third kappa shape index (κ3) is 4.52. The van der Waals surface area contributed by atoms with Crippen molar-refractivity contribution in [2.24, 2.45) is 10.7 Å². The molecule has 1 saturated heterocycles. The fourth-order valence-corrected chi connectivity index (χ4v) is 6.05. The Balaban J connectivity index is 1.49. The molecular formula is C30H26N6O3S. The molecule has 5 heterocycles. The molecule has 0 radical (unpaired) electrons. The Morgan fingerprint density at radius 2 is 2.05 bits per heavy atom. The largest absolute Gasteiger partial charge is 0.404 e. The molecule has 3 aromatic heterocycles. The van der Waals surface area contributed by atoms with Crippen LogP contribution >= 0.6 is 11.3 Å². The van der Waals surface area contributed by atoms with Gasteiger partial charge in [0.05, 0.1) is 29.4 Å². The van der Waals surface area contributed by atoms with Gasteiger partial charge in [0.1, 0.15) is 0 Å². The van der Waals surface area contributed by atoms with Crippen molar-refractivity contribution in [3.8, 4) is 22.4 Å². The van der Waals surface area contributed by atoms with Crippen LogP contribution < -0.4 is 16.6 Å². The highest BCUT2D eigenvalue weighted by Gasteiger charge is 2.29. The number of carbonyl (C=O) groups excluding carboxylic acids is 2. The van der Waals surface area contributed by atoms with Gasteiger partial charge in [-0.25, -0.2) is 4.98 Å². The first kappa shape index (κ1) is 25.4. The molecule has 2 aliphatic rings. The lowest BCUT2D eigenvalue weighted by Crippen LogP contribution is -2.52. The van der Waals surface area contributed by atoms with Crippen LogP contribution in [0.3, 0.4) is 0 Å². The van der Waals surface area contributed by atoms with Crippen LogP contribution in [0, 0.1) is 0 Å². The van der Waals surface area contributed by atoms with Crippen molar-refractivity contribution >= 4 is 45.0 Å². The van der Waals surface area contributed by atoms with E-state index in [-0.39, 0.29) is 23.4 Å². The van der Waals surface area contributed by atoms with Gasteiger partial charge in [-0.2, -0.15) is 0 Å². The first-order chi connectivity index (χ1) is 19.5. The number of H-pyrrole nitrogens is 1. The number of hydrogen-bond donors (Lipinski definition) is 3. The van der Waals surface area contributed by atoms with Gasteiger partial charge in [-0.1, -0.05) is 18.7 Å². The van der Waals surface area contributed by atoms with Crippen LogP contribution in [0.25, 0.3) is 38.0 Å². The second-order valence-electron chi connectivity index (χ2n) is 9.70. The summed E-state index contributed by atoms with van der Waals surface area (Å²) in [5.41, 5.74) is 11.9. The number of likely N-dealkylation sites (tertiary alicyclic amines) is 1. The maximum atomic E-state index is 13.0. The summed E-state index contributed by atoms with van der Waals surface area (Å²) in [6.45, 7) is 5.00. The molecule has 200 valence electrons. The standard InChI is InChI=1S/C30H26N6O3S/c1-2-25(38)36-15-21(16-36)33-14-20(12-31)28-26(22-4-3-8-32-30(22)39)29-23(7-9-40-29)27(35-28)18-6-5-17-11-24(37)34-13-19(17)10-18/h2-10,12,14,21H,1,11,13,15-16,31H2,(H,32,39)(H,34,37). The molecule has 9 nitrogen and oxygen atoms in total. The van der Waals surface area contributed by atoms with Gasteiger partial charge in [-0.05, 0) is 46.8 Å². The van der Waals surface area contributed by atoms with Crippen LogP contribution in [-0.2, 0) is 22.6 Å². The molecule has 40 heavy (non-hydrogen) atoms. The minimum atomic E-state index is -0.233. The summed E-state index contributed by atoms with van der Waals surface area (Å²) in [7, 11) is 0. The monoisotopic (exact) mass is 550 g/mol. The lowest BCUT2D eigenvalue weighted by molar-refractivity contribution is -0.130. The molecule has 6 rings (SSSR count). The lowest BCUT2D eigenvalue weighted by atomic mass is 9.94. The van der Waals surface area contributed by atoms with E-state index >= 15 is 0 Å². The van der Waals surface area contributed by atoms with E-state index < -0.39 is 0 Å². The average molecular weight is 551 g/mol. The first-order valence-corrected chi connectivity index (χ1v) is 13.7. The van der Waals surface area contributed by atoms with E-state index in [0.29, 0.717) is 48.4 Å². The topological polar surface area (TPSA) is 134 Å². The number of pyridine rings is 2. The fraction of sp³-hybridized carbons (Fsp3) is 0.167. The van der Waals surface area contributed by atoms with Gasteiger partial charge in [0, 0.05) is 65.0 Å². The summed E-state index contributed by atoms with van der Waals surface area (Å²) in [6.07, 6.45) is 6.37. The van der Waals surface area contributed by atoms with Crippen molar-refractivity contribution in [2.45, 2.75) is 19.0 Å². The molecule has 1 aromatic carbocycles. The predicted molar refractivity (Wildman–Crippen MR) is 158 cm³/mol. The second-order valence-corrected chi connectivity index (χ2v) is 10.6. The van der Waals surface area contributed by atoms with E-state index in [9.17, 15) is 14.4 Å². The summed E-state index contributed by atoms with van der Waals surface area (Å²) < 4.78 is 0.905. The van der Waals surface area contributed by atoms with E-state index in [0.717, 1.165) is 32.5 Å². The Bertz CT molecular complexity index is 1790. The maximum absolute atomic E-state index is 13.0. The Morgan fingerprint density at radius 3 is 2.83 bits per heavy atom. The van der Waals surface area contributed by atoms with Crippen LogP contribution in [0.4, 0.5) is 0 Å². The minimum absolute atomic E-state index is 0.0128. The predicted octanol–water partition coefficient (Wildman–Crippen LogP) is 3.26. The van der Waals surface area contributed by atoms with Gasteiger partial charge < -0.3 is 20.9 Å². The molecule has 0 unspecified atom stereocenters. The average Bonchev–Trinajstić information content (AvgIpc) is 3.43. The van der Waals surface area contributed by atoms with E-state index in [1.807, 2.05) is 23.6 Å². The van der Waals surface area contributed by atoms with Crippen molar-refractivity contribution in [1.82, 2.24) is 20.2 Å². The van der Waals surface area contributed by atoms with Crippen molar-refractivity contribution in [3.63, 3.8) is 0 Å². The third-order valence-electron chi connectivity index (χ3n) is 7.23. The van der Waals surface area contributed by atoms with E-state index in [4.69, 9.17) is 10.7 Å². The number of aliphatic imine (C=N–C) groups is 1. The molecule has 0 atom stereocenters. The number of nitrogens with one attached hydrogen (secondary N) is 2. The Morgan fingerprint density at radius 1 is 1.20 bits per heavy atom. The summed E-state index contributed by atoms with van der Waals surface area (Å²) in [5.74, 6) is -0.107. The van der Waals surface area contributed by atoms with Crippen LogP contribution in [0.1, 0.15) is 16.8 Å². The maximum Gasteiger partial charge on any atom is 0.255 e. The SMILES string of the molecule is C=CC(=O)N1CC(N=CC(=CN)c2nc(-c3ccc4c(c3)CNC(=O)C4)c3ccsc3c2-c2ccc[nH]c2=O)C1. The molecule has 0 aliphatic carbocycles. The van der Waals surface area contributed by atoms with Crippen molar-refractivity contribution in [1.29, 1.82) is 0 Å². The molecule has 4 aromatic rings. The summed E-state index contributed by atoms with van der Waals surface area (Å²) in [4.78, 5) is 50.9. The fourth-order valence-electron chi connectivity index (χ4n) is 5.09. The third-order valence-corrected chi connectivity index (χ3v) is 8.16. The normalized spacial score (nSPS) is 15.7. The lowest BCUT2D eigenvalue weighted by Gasteiger charge is -2.36. The molecule has 0 saturated carbocycles. The van der Waals surface area contributed by atoms with Crippen LogP contribution in [-0.4, -0.2) is 52.0 Å². The molecule has 1 fully saturated rings. The first-order valence-electron chi connectivity index (χ1n) is 12.8. The molecule has 4 N–H and O–H groups in total. The number of hydrogen-bond acceptors (Lipinski definition) is 7. The number of benzene rings is 1. The van der Waals surface area contributed by atoms with Gasteiger partial charge in [-0.3, -0.25) is 19.4 Å². The molecule has 10 heteroatoms. The minimum Gasteiger partial charge on any atom is -0.404 e. The van der Waals surface area contributed by atoms with Crippen LogP contribution in [0.5, 0.6) is 0 Å². The summed E-state index contributed by atoms with van der Waals surface area (Å²) >= 11 is 1.53. The number of rotatable bonds is 6. The number of aromatic amines is 1. The molecule has 2 amide bonds. The highest BCUT2D eigenvalue weighted by molar-refractivity contribution is 7.17.